The van der Waals surface area contributed by atoms with E-state index in [1.54, 1.807) is 19.0 Å². The molecular formula is C65H78Cl2FN13O6. The number of carbonyl (C=O) groups is 3. The Hall–Kier alpha value is -7.67. The number of nitrogens with zero attached hydrogens (tertiary/aromatic N) is 11. The molecule has 4 aromatic carbocycles. The molecule has 3 atom stereocenters. The molecule has 3 N–H and O–H groups in total. The van der Waals surface area contributed by atoms with E-state index in [4.69, 9.17) is 58.2 Å². The maximum Gasteiger partial charge on any atom is 0.323 e. The summed E-state index contributed by atoms with van der Waals surface area (Å²) in [6, 6.07) is 27.4. The van der Waals surface area contributed by atoms with Gasteiger partial charge >= 0.3 is 6.03 Å². The van der Waals surface area contributed by atoms with Gasteiger partial charge in [0, 0.05) is 81.4 Å². The van der Waals surface area contributed by atoms with Crippen LogP contribution in [0.1, 0.15) is 122 Å². The summed E-state index contributed by atoms with van der Waals surface area (Å²) in [4.78, 5) is 65.9. The van der Waals surface area contributed by atoms with E-state index in [0.29, 0.717) is 133 Å². The predicted molar refractivity (Wildman–Crippen MR) is 336 cm³/mol. The third-order valence-corrected chi connectivity index (χ3v) is 17.3. The number of carbonyl (C=O) groups excluding carboxylic acids is 3. The quantitative estimate of drug-likeness (QED) is 0.0439. The van der Waals surface area contributed by atoms with Gasteiger partial charge in [-0.2, -0.15) is 10.4 Å². The second kappa shape index (κ2) is 28.0. The zero-order valence-corrected chi connectivity index (χ0v) is 52.4. The number of hydrogen-bond acceptors (Lipinski definition) is 14. The number of ether oxygens (including phenoxy) is 3. The zero-order valence-electron chi connectivity index (χ0n) is 50.9. The van der Waals surface area contributed by atoms with E-state index in [2.05, 4.69) is 62.0 Å². The van der Waals surface area contributed by atoms with Crippen molar-refractivity contribution in [2.45, 2.75) is 96.8 Å². The van der Waals surface area contributed by atoms with Crippen molar-refractivity contribution in [1.29, 1.82) is 5.26 Å². The number of likely N-dealkylation sites (N-methyl/N-ethyl adjacent to an activating group) is 1. The van der Waals surface area contributed by atoms with Crippen LogP contribution < -0.4 is 20.7 Å². The number of urea groups is 1. The van der Waals surface area contributed by atoms with E-state index in [9.17, 15) is 24.0 Å². The third-order valence-electron chi connectivity index (χ3n) is 16.8. The Labute approximate surface area is 519 Å². The summed E-state index contributed by atoms with van der Waals surface area (Å²) in [5, 5.41) is 19.9. The largest absolute Gasteiger partial charge is 0.493 e. The highest BCUT2D eigenvalue weighted by Gasteiger charge is 2.38. The van der Waals surface area contributed by atoms with Gasteiger partial charge in [-0.15, -0.1) is 0 Å². The van der Waals surface area contributed by atoms with Crippen LogP contribution in [0.25, 0.3) is 11.3 Å². The third kappa shape index (κ3) is 14.8. The van der Waals surface area contributed by atoms with E-state index in [-0.39, 0.29) is 79.4 Å². The zero-order chi connectivity index (χ0) is 62.2. The molecule has 460 valence electrons. The van der Waals surface area contributed by atoms with Crippen molar-refractivity contribution >= 4 is 58.5 Å². The number of hydrogen-bond donors (Lipinski definition) is 2. The van der Waals surface area contributed by atoms with Crippen molar-refractivity contribution < 1.29 is 33.0 Å². The van der Waals surface area contributed by atoms with Gasteiger partial charge in [-0.3, -0.25) is 29.5 Å². The topological polar surface area (TPSA) is 213 Å². The maximum absolute atomic E-state index is 14.8. The van der Waals surface area contributed by atoms with Gasteiger partial charge in [-0.1, -0.05) is 81.2 Å². The molecule has 2 bridgehead atoms. The first kappa shape index (κ1) is 63.8. The van der Waals surface area contributed by atoms with Crippen LogP contribution in [0.5, 0.6) is 5.75 Å². The van der Waals surface area contributed by atoms with E-state index < -0.39 is 11.4 Å². The molecule has 2 aromatic heterocycles. The molecule has 2 fully saturated rings. The number of anilines is 2. The van der Waals surface area contributed by atoms with Crippen LogP contribution in [0.15, 0.2) is 96.1 Å². The number of aromatic nitrogens is 4. The predicted octanol–water partition coefficient (Wildman–Crippen LogP) is 10.2. The Balaban J connectivity index is 0.762. The van der Waals surface area contributed by atoms with Gasteiger partial charge in [0.15, 0.2) is 11.6 Å². The molecule has 4 amide bonds. The molecule has 2 saturated heterocycles. The van der Waals surface area contributed by atoms with Gasteiger partial charge in [0.05, 0.1) is 92.8 Å². The van der Waals surface area contributed by atoms with Gasteiger partial charge < -0.3 is 39.5 Å². The highest BCUT2D eigenvalue weighted by atomic mass is 35.5. The molecule has 3 aliphatic heterocycles. The van der Waals surface area contributed by atoms with Crippen molar-refractivity contribution in [2.75, 3.05) is 104 Å². The first-order chi connectivity index (χ1) is 41.7. The Kier molecular flexibility index (Phi) is 20.5. The Morgan fingerprint density at radius 1 is 0.920 bits per heavy atom. The van der Waals surface area contributed by atoms with Gasteiger partial charge in [0.2, 0.25) is 5.91 Å². The lowest BCUT2D eigenvalue weighted by atomic mass is 9.77. The minimum absolute atomic E-state index is 0.0136. The maximum atomic E-state index is 14.8. The average molecular weight is 1230 g/mol. The number of nitrogens with two attached hydrogens (primary N) is 1. The number of benzene rings is 4. The lowest BCUT2D eigenvalue weighted by molar-refractivity contribution is -0.131. The summed E-state index contributed by atoms with van der Waals surface area (Å²) in [6.07, 6.45) is 3.03. The van der Waals surface area contributed by atoms with Crippen LogP contribution in [0, 0.1) is 17.1 Å². The number of rotatable bonds is 19. The molecule has 3 aliphatic rings. The molecule has 19 nitrogen and oxygen atoms in total. The normalized spacial score (nSPS) is 16.6. The van der Waals surface area contributed by atoms with Gasteiger partial charge in [0.25, 0.3) is 5.91 Å². The average Bonchev–Trinajstić information content (AvgIpc) is 1.99. The molecular weight excluding hydrogens is 1150 g/mol. The second-order valence-corrected chi connectivity index (χ2v) is 24.4. The van der Waals surface area contributed by atoms with Crippen molar-refractivity contribution in [3.8, 4) is 23.1 Å². The Bertz CT molecular complexity index is 3510. The second-order valence-electron chi connectivity index (χ2n) is 23.5. The van der Waals surface area contributed by atoms with Crippen LogP contribution in [0.3, 0.4) is 0 Å². The van der Waals surface area contributed by atoms with Gasteiger partial charge in [0.1, 0.15) is 29.2 Å². The SMILES string of the molecule is CCOc1cc(C(C)(C)C)ccc1C(=N[C@@](C)(c1ccc(Cl)cc1)C(C)c1ccc(Cl)cc1)NC(=O)N1CCN(CCOCCOCCC(=O)N(C)CCn2nc3c(c2C#N)-c2cnc(N)c(n2)N2CCC[C@@H]2c2cc(F)ccc2C(=O)N(C)C3)CC1. The molecule has 0 aliphatic carbocycles. The number of nitrogens with one attached hydrogen (secondary N) is 1. The van der Waals surface area contributed by atoms with Gasteiger partial charge in [-0.05, 0) is 109 Å². The van der Waals surface area contributed by atoms with E-state index in [1.165, 1.54) is 34.0 Å². The number of aliphatic imine (C=N–C) groups is 1. The molecule has 6 aromatic rings. The fraction of sp³-hybridized carbons (Fsp3) is 0.446. The molecule has 22 heteroatoms. The summed E-state index contributed by atoms with van der Waals surface area (Å²) in [5.41, 5.74) is 11.4. The first-order valence-corrected chi connectivity index (χ1v) is 30.4. The molecule has 0 spiro atoms. The van der Waals surface area contributed by atoms with E-state index in [0.717, 1.165) is 23.1 Å². The molecule has 1 unspecified atom stereocenters. The standard InChI is InChI=1S/C65H78Cl2FN13O6/c1-9-87-56-37-45(64(3,4)5)16-22-50(56)60(74-65(6,44-14-19-47(67)20-15-44)42(2)43-12-17-46(66)18-13-43)73-63(84)79-29-27-78(28-30-79)32-34-86-36-35-85-33-24-57(82)76(7)26-31-81-55(39-69)58-52-40-71-59(70)61(72-52)80-25-10-11-54(80)51-38-48(68)21-23-49(51)62(83)77(8)41-53(58)75-81/h12-23,37-38,40,42,54H,9-11,24-36,41H2,1-8H3,(H2,70,71)(H,73,74,84)/t42?,54-,65-/m1/s1. The Morgan fingerprint density at radius 3 is 2.30 bits per heavy atom. The van der Waals surface area contributed by atoms with Crippen LogP contribution >= 0.6 is 23.2 Å². The van der Waals surface area contributed by atoms with Crippen molar-refractivity contribution in [2.24, 2.45) is 4.99 Å². The fourth-order valence-electron chi connectivity index (χ4n) is 11.4. The molecule has 87 heavy (non-hydrogen) atoms. The highest BCUT2D eigenvalue weighted by Crippen LogP contribution is 2.44. The highest BCUT2D eigenvalue weighted by molar-refractivity contribution is 6.30. The fourth-order valence-corrected chi connectivity index (χ4v) is 11.7. The number of nitrogen functional groups attached to an aromatic ring is 1. The van der Waals surface area contributed by atoms with E-state index in [1.807, 2.05) is 77.4 Å². The van der Waals surface area contributed by atoms with Crippen LogP contribution in [0.4, 0.5) is 20.8 Å². The number of amidine groups is 1. The Morgan fingerprint density at radius 2 is 1.61 bits per heavy atom. The van der Waals surface area contributed by atoms with Crippen molar-refractivity contribution in [3.05, 3.63) is 152 Å². The minimum atomic E-state index is -0.897. The van der Waals surface area contributed by atoms with E-state index >= 15 is 0 Å². The number of amides is 4. The summed E-state index contributed by atoms with van der Waals surface area (Å²) in [6.45, 7) is 18.2. The lowest BCUT2D eigenvalue weighted by Crippen LogP contribution is -2.53. The van der Waals surface area contributed by atoms with Crippen molar-refractivity contribution in [3.63, 3.8) is 0 Å². The number of piperazine rings is 1. The minimum Gasteiger partial charge on any atom is -0.493 e. The van der Waals surface area contributed by atoms with Crippen molar-refractivity contribution in [1.82, 2.24) is 44.7 Å². The smallest absolute Gasteiger partial charge is 0.323 e. The van der Waals surface area contributed by atoms with Crippen LogP contribution in [-0.4, -0.2) is 156 Å². The summed E-state index contributed by atoms with van der Waals surface area (Å²) >= 11 is 12.8. The molecule has 5 heterocycles. The monoisotopic (exact) mass is 1230 g/mol. The molecule has 9 rings (SSSR count). The number of halogens is 3. The number of nitriles is 1. The summed E-state index contributed by atoms with van der Waals surface area (Å²) < 4.78 is 34.4. The van der Waals surface area contributed by atoms with Gasteiger partial charge in [-0.25, -0.2) is 19.2 Å². The van der Waals surface area contributed by atoms with Crippen LogP contribution in [0.2, 0.25) is 10.0 Å². The number of fused-ring (bicyclic) bond motifs is 8. The molecule has 0 saturated carbocycles. The summed E-state index contributed by atoms with van der Waals surface area (Å²) in [5.74, 6) is 0.463. The van der Waals surface area contributed by atoms with Crippen LogP contribution in [-0.2, 0) is 38.3 Å². The molecule has 0 radical (unpaired) electrons. The summed E-state index contributed by atoms with van der Waals surface area (Å²) in [7, 11) is 3.32. The first-order valence-electron chi connectivity index (χ1n) is 29.7. The lowest BCUT2D eigenvalue weighted by Gasteiger charge is -2.36.